The van der Waals surface area contributed by atoms with Gasteiger partial charge in [0.25, 0.3) is 0 Å². The van der Waals surface area contributed by atoms with Gasteiger partial charge in [0, 0.05) is 60.4 Å². The zero-order chi connectivity index (χ0) is 31.2. The van der Waals surface area contributed by atoms with E-state index in [-0.39, 0.29) is 0 Å². The van der Waals surface area contributed by atoms with Gasteiger partial charge in [0.05, 0.1) is 33.8 Å². The van der Waals surface area contributed by atoms with E-state index in [2.05, 4.69) is 54.7 Å². The molecule has 2 fully saturated rings. The van der Waals surface area contributed by atoms with Crippen molar-refractivity contribution in [1.82, 2.24) is 24.4 Å². The van der Waals surface area contributed by atoms with E-state index < -0.39 is 5.97 Å². The lowest BCUT2D eigenvalue weighted by atomic mass is 9.81. The Labute approximate surface area is 270 Å². The first-order valence-electron chi connectivity index (χ1n) is 17.2. The van der Waals surface area contributed by atoms with Crippen molar-refractivity contribution in [2.75, 3.05) is 37.6 Å². The maximum absolute atomic E-state index is 12.1. The first-order valence-corrected chi connectivity index (χ1v) is 17.2. The molecule has 0 radical (unpaired) electrons. The van der Waals surface area contributed by atoms with E-state index in [0.29, 0.717) is 11.5 Å². The number of anilines is 1. The molecule has 2 aromatic carbocycles. The van der Waals surface area contributed by atoms with Gasteiger partial charge >= 0.3 is 5.97 Å². The molecule has 0 amide bonds. The van der Waals surface area contributed by atoms with Gasteiger partial charge in [0.1, 0.15) is 5.69 Å². The third-order valence-corrected chi connectivity index (χ3v) is 10.6. The van der Waals surface area contributed by atoms with E-state index in [1.54, 1.807) is 18.5 Å². The second-order valence-electron chi connectivity index (χ2n) is 13.4. The highest BCUT2D eigenvalue weighted by Gasteiger charge is 2.32. The van der Waals surface area contributed by atoms with Crippen molar-refractivity contribution in [3.05, 3.63) is 71.7 Å². The van der Waals surface area contributed by atoms with Crippen molar-refractivity contribution < 1.29 is 9.90 Å². The Morgan fingerprint density at radius 1 is 0.848 bits per heavy atom. The number of fused-ring (bicyclic) bond motifs is 7. The number of aromatic nitrogens is 4. The second kappa shape index (κ2) is 12.1. The number of likely N-dealkylation sites (tertiary alicyclic amines) is 1. The molecule has 1 aliphatic carbocycles. The van der Waals surface area contributed by atoms with E-state index in [1.807, 2.05) is 13.0 Å². The van der Waals surface area contributed by atoms with Crippen LogP contribution in [-0.2, 0) is 6.54 Å². The van der Waals surface area contributed by atoms with Crippen LogP contribution in [0.15, 0.2) is 54.9 Å². The van der Waals surface area contributed by atoms with Crippen LogP contribution in [0.1, 0.15) is 78.9 Å². The summed E-state index contributed by atoms with van der Waals surface area (Å²) in [5.41, 5.74) is 10.1. The summed E-state index contributed by atoms with van der Waals surface area (Å²) in [4.78, 5) is 31.6. The third-order valence-electron chi connectivity index (χ3n) is 10.6. The fourth-order valence-corrected chi connectivity index (χ4v) is 8.35. The maximum atomic E-state index is 12.1. The van der Waals surface area contributed by atoms with Gasteiger partial charge in [-0.2, -0.15) is 0 Å². The minimum atomic E-state index is -0.875. The number of aromatic carboxylic acids is 1. The third kappa shape index (κ3) is 5.13. The van der Waals surface area contributed by atoms with Gasteiger partial charge in [0.2, 0.25) is 0 Å². The molecule has 0 unspecified atom stereocenters. The summed E-state index contributed by atoms with van der Waals surface area (Å²) < 4.78 is 2.45. The van der Waals surface area contributed by atoms with Crippen LogP contribution in [-0.4, -0.2) is 68.2 Å². The molecule has 8 heteroatoms. The topological polar surface area (TPSA) is 87.4 Å². The van der Waals surface area contributed by atoms with E-state index in [9.17, 15) is 9.90 Å². The van der Waals surface area contributed by atoms with Crippen LogP contribution in [0.2, 0.25) is 0 Å². The number of piperidine rings is 1. The molecule has 46 heavy (non-hydrogen) atoms. The van der Waals surface area contributed by atoms with Gasteiger partial charge in [-0.15, -0.1) is 0 Å². The number of benzene rings is 2. The van der Waals surface area contributed by atoms with Crippen LogP contribution in [0.25, 0.3) is 44.5 Å². The fraction of sp³-hybridized carbons (Fsp3) is 0.421. The zero-order valence-corrected chi connectivity index (χ0v) is 26.7. The van der Waals surface area contributed by atoms with Crippen molar-refractivity contribution in [2.45, 2.75) is 70.8 Å². The van der Waals surface area contributed by atoms with Crippen LogP contribution in [0, 0.1) is 6.92 Å². The van der Waals surface area contributed by atoms with Gasteiger partial charge < -0.3 is 19.5 Å². The molecule has 1 N–H and O–H groups in total. The van der Waals surface area contributed by atoms with Crippen molar-refractivity contribution in [1.29, 1.82) is 0 Å². The summed E-state index contributed by atoms with van der Waals surface area (Å²) in [6, 6.07) is 14.6. The average molecular weight is 615 g/mol. The van der Waals surface area contributed by atoms with Gasteiger partial charge in [-0.1, -0.05) is 31.7 Å². The molecule has 8 nitrogen and oxygen atoms in total. The lowest BCUT2D eigenvalue weighted by Gasteiger charge is -2.32. The number of carbonyl (C=O) groups is 1. The summed E-state index contributed by atoms with van der Waals surface area (Å²) in [5.74, 6) is -0.410. The Morgan fingerprint density at radius 2 is 1.63 bits per heavy atom. The molecular weight excluding hydrogens is 572 g/mol. The number of carboxylic acid groups (broad SMARTS) is 1. The molecule has 8 rings (SSSR count). The Bertz CT molecular complexity index is 1940. The molecule has 5 heterocycles. The van der Waals surface area contributed by atoms with Crippen molar-refractivity contribution in [3.8, 4) is 22.6 Å². The minimum absolute atomic E-state index is 0.351. The number of carboxylic acids is 1. The molecule has 0 atom stereocenters. The van der Waals surface area contributed by atoms with Crippen LogP contribution in [0.5, 0.6) is 0 Å². The van der Waals surface area contributed by atoms with Crippen molar-refractivity contribution in [2.24, 2.45) is 0 Å². The SMILES string of the molecule is Cc1nccnc1-c1ccc2c3c(ccc2n1)-c1c(C2CCCCC2)c2ccc(C(=O)O)cc2n1CCN3CCN1CCCCC1. The van der Waals surface area contributed by atoms with Crippen molar-refractivity contribution >= 4 is 33.5 Å². The largest absolute Gasteiger partial charge is 0.478 e. The number of hydrogen-bond acceptors (Lipinski definition) is 6. The Hall–Kier alpha value is -4.30. The van der Waals surface area contributed by atoms with E-state index in [4.69, 9.17) is 4.98 Å². The molecule has 3 aromatic heterocycles. The number of hydrogen-bond donors (Lipinski definition) is 1. The quantitative estimate of drug-likeness (QED) is 0.210. The highest BCUT2D eigenvalue weighted by Crippen LogP contribution is 2.49. The Balaban J connectivity index is 1.34. The number of rotatable bonds is 6. The first kappa shape index (κ1) is 29.1. The van der Waals surface area contributed by atoms with Gasteiger partial charge in [-0.05, 0) is 93.6 Å². The Kier molecular flexibility index (Phi) is 7.68. The monoisotopic (exact) mass is 614 g/mol. The average Bonchev–Trinajstić information content (AvgIpc) is 3.32. The molecule has 0 spiro atoms. The molecular formula is C38H42N6O2. The lowest BCUT2D eigenvalue weighted by Crippen LogP contribution is -2.38. The molecule has 1 saturated heterocycles. The van der Waals surface area contributed by atoms with Gasteiger partial charge in [-0.3, -0.25) is 9.97 Å². The van der Waals surface area contributed by atoms with Gasteiger partial charge in [-0.25, -0.2) is 9.78 Å². The summed E-state index contributed by atoms with van der Waals surface area (Å²) >= 11 is 0. The van der Waals surface area contributed by atoms with Gasteiger partial charge in [0.15, 0.2) is 0 Å². The summed E-state index contributed by atoms with van der Waals surface area (Å²) in [5, 5.41) is 12.3. The fourth-order valence-electron chi connectivity index (χ4n) is 8.35. The van der Waals surface area contributed by atoms with E-state index >= 15 is 0 Å². The lowest BCUT2D eigenvalue weighted by molar-refractivity contribution is 0.0697. The number of nitrogens with zero attached hydrogens (tertiary/aromatic N) is 6. The standard InChI is InChI=1S/C38H42N6O2/c1-25-35(40-17-16-39-25)32-15-12-28-31(41-32)14-13-30-36(28)43(21-20-42-18-6-3-7-19-42)22-23-44-33-24-27(38(45)46)10-11-29(33)34(37(30)44)26-8-4-2-5-9-26/h10-17,24,26H,2-9,18-23H2,1H3,(H,45,46). The van der Waals surface area contributed by atoms with Crippen LogP contribution >= 0.6 is 0 Å². The van der Waals surface area contributed by atoms with Crippen molar-refractivity contribution in [3.63, 3.8) is 0 Å². The summed E-state index contributed by atoms with van der Waals surface area (Å²) in [6.07, 6.45) is 13.5. The molecule has 5 aromatic rings. The molecule has 3 aliphatic rings. The first-order chi connectivity index (χ1) is 22.6. The number of aryl methyl sites for hydroxylation is 1. The number of pyridine rings is 1. The molecule has 236 valence electrons. The molecule has 2 aliphatic heterocycles. The maximum Gasteiger partial charge on any atom is 0.335 e. The molecule has 1 saturated carbocycles. The zero-order valence-electron chi connectivity index (χ0n) is 26.7. The predicted molar refractivity (Wildman–Crippen MR) is 184 cm³/mol. The van der Waals surface area contributed by atoms with Crippen LogP contribution < -0.4 is 4.90 Å². The van der Waals surface area contributed by atoms with E-state index in [1.165, 1.54) is 92.4 Å². The summed E-state index contributed by atoms with van der Waals surface area (Å²) in [7, 11) is 0. The Morgan fingerprint density at radius 3 is 2.43 bits per heavy atom. The van der Waals surface area contributed by atoms with E-state index in [0.717, 1.165) is 59.7 Å². The normalized spacial score (nSPS) is 17.6. The predicted octanol–water partition coefficient (Wildman–Crippen LogP) is 7.67. The van der Waals surface area contributed by atoms with Crippen LogP contribution in [0.4, 0.5) is 5.69 Å². The summed E-state index contributed by atoms with van der Waals surface area (Å²) in [6.45, 7) is 7.97. The second-order valence-corrected chi connectivity index (χ2v) is 13.4. The highest BCUT2D eigenvalue weighted by atomic mass is 16.4. The van der Waals surface area contributed by atoms with Crippen LogP contribution in [0.3, 0.4) is 0 Å². The minimum Gasteiger partial charge on any atom is -0.478 e. The highest BCUT2D eigenvalue weighted by molar-refractivity contribution is 6.05. The smallest absolute Gasteiger partial charge is 0.335 e. The molecule has 0 bridgehead atoms.